The lowest BCUT2D eigenvalue weighted by Gasteiger charge is -2.09. The highest BCUT2D eigenvalue weighted by Gasteiger charge is 2.15. The number of rotatable bonds is 8. The van der Waals surface area contributed by atoms with Crippen LogP contribution in [0.4, 0.5) is 4.39 Å². The summed E-state index contributed by atoms with van der Waals surface area (Å²) in [6, 6.07) is 6.16. The number of hydrogen-bond acceptors (Lipinski definition) is 8. The van der Waals surface area contributed by atoms with Crippen LogP contribution in [0.5, 0.6) is 5.75 Å². The third kappa shape index (κ3) is 11.4. The molecule has 0 atom stereocenters. The Bertz CT molecular complexity index is 1020. The van der Waals surface area contributed by atoms with E-state index in [0.717, 1.165) is 30.4 Å². The van der Waals surface area contributed by atoms with Gasteiger partial charge in [-0.25, -0.2) is 9.37 Å². The van der Waals surface area contributed by atoms with E-state index in [4.69, 9.17) is 14.7 Å². The summed E-state index contributed by atoms with van der Waals surface area (Å²) in [6.45, 7) is 6.41. The van der Waals surface area contributed by atoms with Gasteiger partial charge in [-0.15, -0.1) is 0 Å². The van der Waals surface area contributed by atoms with Gasteiger partial charge in [0.25, 0.3) is 5.56 Å². The van der Waals surface area contributed by atoms with Gasteiger partial charge in [0.05, 0.1) is 18.3 Å². The number of carbonyl (C=O) groups is 1. The molecule has 0 aliphatic carbocycles. The van der Waals surface area contributed by atoms with Crippen LogP contribution in [-0.4, -0.2) is 38.1 Å². The molecule has 0 bridgehead atoms. The third-order valence-electron chi connectivity index (χ3n) is 4.01. The van der Waals surface area contributed by atoms with E-state index < -0.39 is 15.7 Å². The van der Waals surface area contributed by atoms with Crippen molar-refractivity contribution >= 4 is 16.9 Å². The van der Waals surface area contributed by atoms with Crippen molar-refractivity contribution in [1.82, 2.24) is 14.9 Å². The van der Waals surface area contributed by atoms with Crippen LogP contribution < -0.4 is 20.8 Å². The Kier molecular flexibility index (Phi) is 13.5. The van der Waals surface area contributed by atoms with Crippen LogP contribution in [0.2, 0.25) is 0 Å². The number of carbonyl (C=O) groups excluding carboxylic acids is 1. The minimum absolute atomic E-state index is 0.216. The van der Waals surface area contributed by atoms with Gasteiger partial charge >= 0.3 is 10.1 Å². The van der Waals surface area contributed by atoms with Crippen LogP contribution in [0.15, 0.2) is 47.2 Å². The van der Waals surface area contributed by atoms with E-state index in [-0.39, 0.29) is 17.3 Å². The Morgan fingerprint density at radius 3 is 2.41 bits per heavy atom. The summed E-state index contributed by atoms with van der Waals surface area (Å²) in [4.78, 5) is 24.2. The minimum atomic E-state index is -3.75. The number of unbranched alkanes of at least 4 members (excludes halogenated alkanes) is 1. The van der Waals surface area contributed by atoms with Gasteiger partial charge in [0.15, 0.2) is 0 Å². The second-order valence-corrected chi connectivity index (χ2v) is 8.13. The maximum Gasteiger partial charge on any atom is 0.306 e. The summed E-state index contributed by atoms with van der Waals surface area (Å²) in [6.07, 6.45) is 5.87. The molecule has 178 valence electrons. The van der Waals surface area contributed by atoms with Crippen LogP contribution in [0, 0.1) is 12.7 Å². The molecule has 3 N–H and O–H groups in total. The maximum atomic E-state index is 12.2. The Morgan fingerprint density at radius 1 is 1.31 bits per heavy atom. The lowest BCUT2D eigenvalue weighted by molar-refractivity contribution is -0.0980. The largest absolute Gasteiger partial charge is 0.392 e. The molecular weight excluding hydrogens is 439 g/mol. The van der Waals surface area contributed by atoms with E-state index in [1.807, 2.05) is 26.8 Å². The van der Waals surface area contributed by atoms with Gasteiger partial charge in [0.1, 0.15) is 12.6 Å². The molecule has 1 heterocycles. The lowest BCUT2D eigenvalue weighted by atomic mass is 10.2. The number of benzene rings is 1. The fourth-order valence-electron chi connectivity index (χ4n) is 2.26. The molecule has 0 saturated carbocycles. The van der Waals surface area contributed by atoms with Crippen molar-refractivity contribution in [2.45, 2.75) is 39.8 Å². The first kappa shape index (κ1) is 28.9. The number of nitrogens with zero attached hydrogens (tertiary/aromatic N) is 2. The van der Waals surface area contributed by atoms with E-state index in [9.17, 15) is 17.6 Å². The molecule has 0 aliphatic heterocycles. The second kappa shape index (κ2) is 14.9. The molecule has 32 heavy (non-hydrogen) atoms. The molecule has 9 nitrogen and oxygen atoms in total. The van der Waals surface area contributed by atoms with Crippen LogP contribution in [-0.2, 0) is 28.0 Å². The molecule has 0 spiro atoms. The first-order chi connectivity index (χ1) is 15.1. The molecule has 1 aromatic heterocycles. The zero-order valence-corrected chi connectivity index (χ0v) is 19.6. The average Bonchev–Trinajstić information content (AvgIpc) is 2.77. The number of halogens is 1. The first-order valence-corrected chi connectivity index (χ1v) is 11.4. The highest BCUT2D eigenvalue weighted by Crippen LogP contribution is 2.10. The highest BCUT2D eigenvalue weighted by molar-refractivity contribution is 7.86. The van der Waals surface area contributed by atoms with Crippen LogP contribution in [0.3, 0.4) is 0 Å². The summed E-state index contributed by atoms with van der Waals surface area (Å²) in [5.41, 5.74) is 7.07. The van der Waals surface area contributed by atoms with Gasteiger partial charge in [-0.3, -0.25) is 9.36 Å². The number of aromatic nitrogens is 2. The Labute approximate surface area is 188 Å². The first-order valence-electron chi connectivity index (χ1n) is 9.60. The van der Waals surface area contributed by atoms with E-state index in [2.05, 4.69) is 10.3 Å². The number of aryl methyl sites for hydroxylation is 2. The predicted octanol–water partition coefficient (Wildman–Crippen LogP) is 1.89. The van der Waals surface area contributed by atoms with Crippen molar-refractivity contribution in [3.8, 4) is 5.75 Å². The SMILES string of the molecule is C=O.CN/C(C)=C/CCCn1cnc(C)c(OS(C)(=O)=O)c1=O.NCc1ccc(F)cc1. The third-order valence-corrected chi connectivity index (χ3v) is 4.48. The van der Waals surface area contributed by atoms with Crippen molar-refractivity contribution < 1.29 is 21.8 Å². The van der Waals surface area contributed by atoms with Crippen LogP contribution in [0.25, 0.3) is 0 Å². The Balaban J connectivity index is 0.000000723. The smallest absolute Gasteiger partial charge is 0.306 e. The summed E-state index contributed by atoms with van der Waals surface area (Å²) >= 11 is 0. The number of allylic oxidation sites excluding steroid dienone is 2. The molecule has 0 aliphatic rings. The van der Waals surface area contributed by atoms with Crippen molar-refractivity contribution in [3.63, 3.8) is 0 Å². The summed E-state index contributed by atoms with van der Waals surface area (Å²) in [5.74, 6) is -0.450. The zero-order chi connectivity index (χ0) is 24.7. The molecule has 0 saturated heterocycles. The molecule has 0 unspecified atom stereocenters. The second-order valence-electron chi connectivity index (χ2n) is 6.56. The van der Waals surface area contributed by atoms with Gasteiger partial charge in [-0.05, 0) is 44.4 Å². The van der Waals surface area contributed by atoms with Crippen molar-refractivity contribution in [3.05, 3.63) is 69.8 Å². The van der Waals surface area contributed by atoms with Gasteiger partial charge in [-0.1, -0.05) is 18.2 Å². The quantitative estimate of drug-likeness (QED) is 0.441. The summed E-state index contributed by atoms with van der Waals surface area (Å²) < 4.78 is 40.6. The van der Waals surface area contributed by atoms with Crippen molar-refractivity contribution in [2.24, 2.45) is 5.73 Å². The van der Waals surface area contributed by atoms with E-state index in [1.54, 1.807) is 12.1 Å². The number of hydrogen-bond donors (Lipinski definition) is 2. The van der Waals surface area contributed by atoms with Crippen molar-refractivity contribution in [2.75, 3.05) is 13.3 Å². The van der Waals surface area contributed by atoms with Gasteiger partial charge in [-0.2, -0.15) is 8.42 Å². The zero-order valence-electron chi connectivity index (χ0n) is 18.8. The average molecular weight is 471 g/mol. The highest BCUT2D eigenvalue weighted by atomic mass is 32.2. The maximum absolute atomic E-state index is 12.2. The van der Waals surface area contributed by atoms with E-state index in [1.165, 1.54) is 30.0 Å². The van der Waals surface area contributed by atoms with Gasteiger partial charge in [0.2, 0.25) is 5.75 Å². The van der Waals surface area contributed by atoms with E-state index in [0.29, 0.717) is 13.1 Å². The van der Waals surface area contributed by atoms with Crippen LogP contribution >= 0.6 is 0 Å². The number of nitrogens with one attached hydrogen (secondary N) is 1. The lowest BCUT2D eigenvalue weighted by Crippen LogP contribution is -2.25. The molecular formula is C21H31FN4O5S. The Morgan fingerprint density at radius 2 is 1.91 bits per heavy atom. The predicted molar refractivity (Wildman–Crippen MR) is 122 cm³/mol. The number of nitrogens with two attached hydrogens (primary N) is 1. The summed E-state index contributed by atoms with van der Waals surface area (Å²) in [5, 5.41) is 3.01. The minimum Gasteiger partial charge on any atom is -0.392 e. The standard InChI is InChI=1S/C13H21N3O4S.C7H8FN.CH2O/c1-10(14-3)7-5-6-8-16-9-15-11(2)12(13(16)17)20-21(4,18)19;8-7-3-1-6(5-9)2-4-7;1-2/h7,9,14H,5-6,8H2,1-4H3;1-4H,5,9H2;1H2/b10-7+;;. The fraction of sp³-hybridized carbons (Fsp3) is 0.381. The van der Waals surface area contributed by atoms with Crippen LogP contribution in [0.1, 0.15) is 31.0 Å². The molecule has 0 fully saturated rings. The normalized spacial score (nSPS) is 10.9. The topological polar surface area (TPSA) is 133 Å². The van der Waals surface area contributed by atoms with Gasteiger partial charge < -0.3 is 20.0 Å². The molecule has 11 heteroatoms. The fourth-order valence-corrected chi connectivity index (χ4v) is 2.76. The molecule has 1 aromatic carbocycles. The Hall–Kier alpha value is -3.05. The molecule has 2 aromatic rings. The molecule has 2 rings (SSSR count). The van der Waals surface area contributed by atoms with E-state index >= 15 is 0 Å². The monoisotopic (exact) mass is 470 g/mol. The summed E-state index contributed by atoms with van der Waals surface area (Å²) in [7, 11) is -1.91. The van der Waals surface area contributed by atoms with Gasteiger partial charge in [0, 0.05) is 25.8 Å². The molecule has 0 radical (unpaired) electrons. The van der Waals surface area contributed by atoms with Crippen molar-refractivity contribution in [1.29, 1.82) is 0 Å². The molecule has 0 amide bonds.